The molecule has 1 aliphatic rings. The van der Waals surface area contributed by atoms with E-state index in [9.17, 15) is 9.59 Å². The number of carbonyl (C=O) groups excluding carboxylic acids is 2. The summed E-state index contributed by atoms with van der Waals surface area (Å²) in [7, 11) is 0. The van der Waals surface area contributed by atoms with Crippen LogP contribution in [-0.4, -0.2) is 36.3 Å². The molecule has 0 bridgehead atoms. The molecular weight excluding hydrogens is 350 g/mol. The lowest BCUT2D eigenvalue weighted by atomic mass is 9.93. The second-order valence-electron chi connectivity index (χ2n) is 7.27. The van der Waals surface area contributed by atoms with E-state index in [1.165, 1.54) is 0 Å². The number of rotatable bonds is 7. The van der Waals surface area contributed by atoms with Crippen molar-refractivity contribution in [1.29, 1.82) is 0 Å². The van der Waals surface area contributed by atoms with Crippen LogP contribution in [-0.2, 0) is 9.59 Å². The topological polar surface area (TPSA) is 61.4 Å². The number of amides is 2. The molecule has 5 nitrogen and oxygen atoms in total. The fourth-order valence-corrected chi connectivity index (χ4v) is 3.71. The number of hydrogen-bond donors (Lipinski definition) is 2. The maximum atomic E-state index is 13.1. The van der Waals surface area contributed by atoms with Gasteiger partial charge >= 0.3 is 0 Å². The number of para-hydroxylation sites is 1. The zero-order valence-corrected chi connectivity index (χ0v) is 16.4. The first kappa shape index (κ1) is 20.1. The van der Waals surface area contributed by atoms with E-state index < -0.39 is 0 Å². The minimum atomic E-state index is -0.360. The Labute approximate surface area is 167 Å². The fourth-order valence-electron chi connectivity index (χ4n) is 3.71. The van der Waals surface area contributed by atoms with Crippen molar-refractivity contribution in [3.63, 3.8) is 0 Å². The number of carbonyl (C=O) groups is 2. The van der Waals surface area contributed by atoms with Crippen molar-refractivity contribution in [2.45, 2.75) is 32.2 Å². The summed E-state index contributed by atoms with van der Waals surface area (Å²) in [6, 6.07) is 19.0. The Hall–Kier alpha value is -2.66. The molecule has 2 aromatic rings. The standard InChI is InChI=1S/C23H29N3O2/c1-2-15-24-22(27)19-13-16-26(17-14-19)21(18-9-5-3-6-10-18)23(28)25-20-11-7-4-8-12-20/h3-12,19,21H,2,13-17H2,1H3,(H,24,27)(H,25,28)/t21-/m1/s1. The van der Waals surface area contributed by atoms with Gasteiger partial charge in [0.25, 0.3) is 0 Å². The van der Waals surface area contributed by atoms with E-state index in [0.29, 0.717) is 0 Å². The zero-order valence-electron chi connectivity index (χ0n) is 16.4. The summed E-state index contributed by atoms with van der Waals surface area (Å²) in [6.07, 6.45) is 2.50. The lowest BCUT2D eigenvalue weighted by molar-refractivity contribution is -0.127. The van der Waals surface area contributed by atoms with Crippen molar-refractivity contribution < 1.29 is 9.59 Å². The van der Waals surface area contributed by atoms with Gasteiger partial charge in [0, 0.05) is 18.2 Å². The first-order valence-electron chi connectivity index (χ1n) is 10.1. The number of hydrogen-bond acceptors (Lipinski definition) is 3. The largest absolute Gasteiger partial charge is 0.356 e. The SMILES string of the molecule is CCCNC(=O)C1CCN([C@@H](C(=O)Nc2ccccc2)c2ccccc2)CC1. The molecule has 2 aromatic carbocycles. The molecule has 148 valence electrons. The van der Waals surface area contributed by atoms with Crippen molar-refractivity contribution in [2.75, 3.05) is 25.0 Å². The molecule has 1 fully saturated rings. The van der Waals surface area contributed by atoms with Gasteiger partial charge in [0.05, 0.1) is 0 Å². The molecule has 0 aliphatic carbocycles. The lowest BCUT2D eigenvalue weighted by Crippen LogP contribution is -2.45. The van der Waals surface area contributed by atoms with E-state index in [2.05, 4.69) is 22.5 Å². The average Bonchev–Trinajstić information content (AvgIpc) is 2.74. The van der Waals surface area contributed by atoms with Gasteiger partial charge in [-0.05, 0) is 50.0 Å². The van der Waals surface area contributed by atoms with Crippen molar-refractivity contribution in [2.24, 2.45) is 5.92 Å². The molecule has 0 radical (unpaired) electrons. The summed E-state index contributed by atoms with van der Waals surface area (Å²) < 4.78 is 0. The second-order valence-corrected chi connectivity index (χ2v) is 7.27. The van der Waals surface area contributed by atoms with Crippen LogP contribution < -0.4 is 10.6 Å². The first-order valence-corrected chi connectivity index (χ1v) is 10.1. The number of nitrogens with zero attached hydrogens (tertiary/aromatic N) is 1. The molecule has 0 spiro atoms. The van der Waals surface area contributed by atoms with Crippen LogP contribution in [0.2, 0.25) is 0 Å². The van der Waals surface area contributed by atoms with E-state index >= 15 is 0 Å². The normalized spacial score (nSPS) is 16.3. The monoisotopic (exact) mass is 379 g/mol. The summed E-state index contributed by atoms with van der Waals surface area (Å²) in [6.45, 7) is 4.24. The van der Waals surface area contributed by atoms with Crippen LogP contribution in [0.3, 0.4) is 0 Å². The molecule has 1 heterocycles. The molecule has 0 unspecified atom stereocenters. The maximum absolute atomic E-state index is 13.1. The number of nitrogens with one attached hydrogen (secondary N) is 2. The predicted molar refractivity (Wildman–Crippen MR) is 112 cm³/mol. The van der Waals surface area contributed by atoms with E-state index in [1.54, 1.807) is 0 Å². The van der Waals surface area contributed by atoms with Gasteiger partial charge in [-0.3, -0.25) is 14.5 Å². The van der Waals surface area contributed by atoms with Gasteiger partial charge in [0.1, 0.15) is 6.04 Å². The van der Waals surface area contributed by atoms with Crippen LogP contribution in [0.4, 0.5) is 5.69 Å². The molecule has 28 heavy (non-hydrogen) atoms. The van der Waals surface area contributed by atoms with Crippen LogP contribution in [0, 0.1) is 5.92 Å². The number of benzene rings is 2. The van der Waals surface area contributed by atoms with Crippen molar-refractivity contribution >= 4 is 17.5 Å². The first-order chi connectivity index (χ1) is 13.7. The van der Waals surface area contributed by atoms with Crippen LogP contribution in [0.1, 0.15) is 37.8 Å². The maximum Gasteiger partial charge on any atom is 0.246 e. The molecule has 2 N–H and O–H groups in total. The molecule has 1 saturated heterocycles. The van der Waals surface area contributed by atoms with Gasteiger partial charge in [0.2, 0.25) is 11.8 Å². The summed E-state index contributed by atoms with van der Waals surface area (Å²) in [5, 5.41) is 6.04. The van der Waals surface area contributed by atoms with Crippen LogP contribution >= 0.6 is 0 Å². The molecule has 0 aromatic heterocycles. The molecule has 1 aliphatic heterocycles. The minimum Gasteiger partial charge on any atom is -0.356 e. The van der Waals surface area contributed by atoms with E-state index in [4.69, 9.17) is 0 Å². The molecule has 3 rings (SSSR count). The lowest BCUT2D eigenvalue weighted by Gasteiger charge is -2.36. The van der Waals surface area contributed by atoms with Gasteiger partial charge in [0.15, 0.2) is 0 Å². The summed E-state index contributed by atoms with van der Waals surface area (Å²) >= 11 is 0. The molecule has 2 amide bonds. The third kappa shape index (κ3) is 5.20. The summed E-state index contributed by atoms with van der Waals surface area (Å²) in [5.74, 6) is 0.147. The fraction of sp³-hybridized carbons (Fsp3) is 0.391. The Kier molecular flexibility index (Phi) is 7.20. The average molecular weight is 380 g/mol. The van der Waals surface area contributed by atoms with Gasteiger partial charge in [-0.2, -0.15) is 0 Å². The Morgan fingerprint density at radius 2 is 1.61 bits per heavy atom. The van der Waals surface area contributed by atoms with Crippen LogP contribution in [0.5, 0.6) is 0 Å². The second kappa shape index (κ2) is 10.0. The van der Waals surface area contributed by atoms with Gasteiger partial charge in [-0.25, -0.2) is 0 Å². The Morgan fingerprint density at radius 3 is 2.21 bits per heavy atom. The Morgan fingerprint density at radius 1 is 1.00 bits per heavy atom. The number of anilines is 1. The predicted octanol–water partition coefficient (Wildman–Crippen LogP) is 3.60. The molecule has 5 heteroatoms. The number of piperidine rings is 1. The minimum absolute atomic E-state index is 0.0358. The highest BCUT2D eigenvalue weighted by Crippen LogP contribution is 2.28. The van der Waals surface area contributed by atoms with Gasteiger partial charge < -0.3 is 10.6 Å². The van der Waals surface area contributed by atoms with E-state index in [0.717, 1.165) is 50.1 Å². The van der Waals surface area contributed by atoms with Crippen LogP contribution in [0.15, 0.2) is 60.7 Å². The van der Waals surface area contributed by atoms with E-state index in [1.807, 2.05) is 60.7 Å². The van der Waals surface area contributed by atoms with Gasteiger partial charge in [-0.1, -0.05) is 55.5 Å². The highest BCUT2D eigenvalue weighted by atomic mass is 16.2. The third-order valence-electron chi connectivity index (χ3n) is 5.22. The molecule has 1 atom stereocenters. The zero-order chi connectivity index (χ0) is 19.8. The van der Waals surface area contributed by atoms with Crippen molar-refractivity contribution in [3.05, 3.63) is 66.2 Å². The van der Waals surface area contributed by atoms with Crippen LogP contribution in [0.25, 0.3) is 0 Å². The smallest absolute Gasteiger partial charge is 0.246 e. The highest BCUT2D eigenvalue weighted by Gasteiger charge is 2.33. The Bertz CT molecular complexity index is 756. The van der Waals surface area contributed by atoms with Gasteiger partial charge in [-0.15, -0.1) is 0 Å². The van der Waals surface area contributed by atoms with E-state index in [-0.39, 0.29) is 23.8 Å². The third-order valence-corrected chi connectivity index (χ3v) is 5.22. The summed E-state index contributed by atoms with van der Waals surface area (Å²) in [4.78, 5) is 27.6. The van der Waals surface area contributed by atoms with Crippen molar-refractivity contribution in [1.82, 2.24) is 10.2 Å². The summed E-state index contributed by atoms with van der Waals surface area (Å²) in [5.41, 5.74) is 1.77. The number of likely N-dealkylation sites (tertiary alicyclic amines) is 1. The quantitative estimate of drug-likeness (QED) is 0.773. The molecular formula is C23H29N3O2. The molecule has 0 saturated carbocycles. The highest BCUT2D eigenvalue weighted by molar-refractivity contribution is 5.95. The Balaban J connectivity index is 1.70. The van der Waals surface area contributed by atoms with Crippen molar-refractivity contribution in [3.8, 4) is 0 Å².